The molecule has 0 fully saturated rings. The van der Waals surface area contributed by atoms with Crippen LogP contribution in [0.3, 0.4) is 0 Å². The summed E-state index contributed by atoms with van der Waals surface area (Å²) in [6.45, 7) is 0. The molecule has 0 radical (unpaired) electrons. The van der Waals surface area contributed by atoms with E-state index in [0.29, 0.717) is 28.6 Å². The summed E-state index contributed by atoms with van der Waals surface area (Å²) in [5.41, 5.74) is 2.70. The maximum Gasteiger partial charge on any atom is 0.255 e. The molecule has 0 saturated carbocycles. The number of aromatic nitrogens is 3. The van der Waals surface area contributed by atoms with Gasteiger partial charge >= 0.3 is 0 Å². The predicted octanol–water partition coefficient (Wildman–Crippen LogP) is 3.67. The SMILES string of the molecule is COc1cc(OC)cc(C(=O)Nc2cccc(-c3nnc4ccccn34)c2)c1. The Hall–Kier alpha value is -3.87. The number of hydrogen-bond acceptors (Lipinski definition) is 5. The van der Waals surface area contributed by atoms with Gasteiger partial charge < -0.3 is 14.8 Å². The van der Waals surface area contributed by atoms with Crippen LogP contribution in [0.5, 0.6) is 11.5 Å². The first kappa shape index (κ1) is 17.5. The van der Waals surface area contributed by atoms with Crippen LogP contribution in [0.4, 0.5) is 5.69 Å². The molecule has 0 unspecified atom stereocenters. The molecule has 2 aromatic carbocycles. The molecule has 140 valence electrons. The van der Waals surface area contributed by atoms with Crippen molar-refractivity contribution in [3.63, 3.8) is 0 Å². The molecule has 2 heterocycles. The number of benzene rings is 2. The second kappa shape index (κ2) is 7.40. The lowest BCUT2D eigenvalue weighted by atomic mass is 10.1. The van der Waals surface area contributed by atoms with Crippen LogP contribution in [0.2, 0.25) is 0 Å². The van der Waals surface area contributed by atoms with E-state index in [1.165, 1.54) is 0 Å². The van der Waals surface area contributed by atoms with Crippen molar-refractivity contribution in [3.05, 3.63) is 72.4 Å². The molecule has 0 atom stereocenters. The summed E-state index contributed by atoms with van der Waals surface area (Å²) < 4.78 is 12.4. The van der Waals surface area contributed by atoms with Crippen LogP contribution >= 0.6 is 0 Å². The van der Waals surface area contributed by atoms with Crippen LogP contribution in [0.1, 0.15) is 10.4 Å². The standard InChI is InChI=1S/C21H18N4O3/c1-27-17-11-15(12-18(13-17)28-2)21(26)22-16-7-5-6-14(10-16)20-24-23-19-8-3-4-9-25(19)20/h3-13H,1-2H3,(H,22,26). The van der Waals surface area contributed by atoms with Crippen molar-refractivity contribution in [3.8, 4) is 22.9 Å². The van der Waals surface area contributed by atoms with Crippen molar-refractivity contribution >= 4 is 17.2 Å². The topological polar surface area (TPSA) is 77.8 Å². The number of carbonyl (C=O) groups excluding carboxylic acids is 1. The second-order valence-corrected chi connectivity index (χ2v) is 6.09. The Balaban J connectivity index is 1.63. The van der Waals surface area contributed by atoms with E-state index < -0.39 is 0 Å². The van der Waals surface area contributed by atoms with Crippen molar-refractivity contribution in [2.24, 2.45) is 0 Å². The Kier molecular flexibility index (Phi) is 4.63. The fourth-order valence-corrected chi connectivity index (χ4v) is 2.92. The van der Waals surface area contributed by atoms with E-state index in [0.717, 1.165) is 11.2 Å². The van der Waals surface area contributed by atoms with E-state index in [2.05, 4.69) is 15.5 Å². The molecule has 0 saturated heterocycles. The molecule has 1 amide bonds. The van der Waals surface area contributed by atoms with Gasteiger partial charge in [0.2, 0.25) is 0 Å². The van der Waals surface area contributed by atoms with E-state index in [4.69, 9.17) is 9.47 Å². The van der Waals surface area contributed by atoms with Gasteiger partial charge in [0.1, 0.15) is 11.5 Å². The zero-order valence-corrected chi connectivity index (χ0v) is 15.4. The zero-order chi connectivity index (χ0) is 19.5. The summed E-state index contributed by atoms with van der Waals surface area (Å²) in [7, 11) is 3.09. The summed E-state index contributed by atoms with van der Waals surface area (Å²) in [6.07, 6.45) is 1.90. The number of methoxy groups -OCH3 is 2. The molecule has 0 aliphatic rings. The molecule has 0 aliphatic heterocycles. The third-order valence-electron chi connectivity index (χ3n) is 4.31. The van der Waals surface area contributed by atoms with Gasteiger partial charge in [-0.1, -0.05) is 18.2 Å². The highest BCUT2D eigenvalue weighted by atomic mass is 16.5. The summed E-state index contributed by atoms with van der Waals surface area (Å²) in [4.78, 5) is 12.7. The molecule has 7 nitrogen and oxygen atoms in total. The van der Waals surface area contributed by atoms with Crippen LogP contribution in [0.25, 0.3) is 17.0 Å². The van der Waals surface area contributed by atoms with Gasteiger partial charge in [-0.2, -0.15) is 0 Å². The average molecular weight is 374 g/mol. The van der Waals surface area contributed by atoms with Crippen LogP contribution in [-0.4, -0.2) is 34.7 Å². The number of pyridine rings is 1. The lowest BCUT2D eigenvalue weighted by Gasteiger charge is -2.10. The maximum atomic E-state index is 12.7. The van der Waals surface area contributed by atoms with Crippen molar-refractivity contribution in [2.75, 3.05) is 19.5 Å². The van der Waals surface area contributed by atoms with E-state index >= 15 is 0 Å². The van der Waals surface area contributed by atoms with E-state index in [-0.39, 0.29) is 5.91 Å². The molecule has 4 aromatic rings. The van der Waals surface area contributed by atoms with Gasteiger partial charge in [0, 0.05) is 29.1 Å². The Morgan fingerprint density at radius 3 is 2.46 bits per heavy atom. The Morgan fingerprint density at radius 1 is 0.929 bits per heavy atom. The number of nitrogens with zero attached hydrogens (tertiary/aromatic N) is 3. The molecular formula is C21H18N4O3. The van der Waals surface area contributed by atoms with E-state index in [1.807, 2.05) is 53.1 Å². The van der Waals surface area contributed by atoms with Gasteiger partial charge in [0.25, 0.3) is 5.91 Å². The highest BCUT2D eigenvalue weighted by Gasteiger charge is 2.12. The Labute approximate surface area is 161 Å². The van der Waals surface area contributed by atoms with Crippen molar-refractivity contribution in [1.29, 1.82) is 0 Å². The van der Waals surface area contributed by atoms with Gasteiger partial charge in [-0.15, -0.1) is 10.2 Å². The molecule has 7 heteroatoms. The number of hydrogen-bond donors (Lipinski definition) is 1. The molecule has 0 spiro atoms. The van der Waals surface area contributed by atoms with Crippen LogP contribution < -0.4 is 14.8 Å². The zero-order valence-electron chi connectivity index (χ0n) is 15.4. The van der Waals surface area contributed by atoms with Gasteiger partial charge in [-0.25, -0.2) is 0 Å². The van der Waals surface area contributed by atoms with E-state index in [9.17, 15) is 4.79 Å². The molecule has 1 N–H and O–H groups in total. The molecule has 0 bridgehead atoms. The number of rotatable bonds is 5. The lowest BCUT2D eigenvalue weighted by molar-refractivity contribution is 0.102. The molecular weight excluding hydrogens is 356 g/mol. The quantitative estimate of drug-likeness (QED) is 0.577. The van der Waals surface area contributed by atoms with Crippen LogP contribution in [-0.2, 0) is 0 Å². The highest BCUT2D eigenvalue weighted by molar-refractivity contribution is 6.05. The monoisotopic (exact) mass is 374 g/mol. The fourth-order valence-electron chi connectivity index (χ4n) is 2.92. The second-order valence-electron chi connectivity index (χ2n) is 6.09. The number of ether oxygens (including phenoxy) is 2. The number of nitrogens with one attached hydrogen (secondary N) is 1. The minimum absolute atomic E-state index is 0.263. The smallest absolute Gasteiger partial charge is 0.255 e. The molecule has 28 heavy (non-hydrogen) atoms. The predicted molar refractivity (Wildman–Crippen MR) is 106 cm³/mol. The number of anilines is 1. The summed E-state index contributed by atoms with van der Waals surface area (Å²) in [6, 6.07) is 18.2. The van der Waals surface area contributed by atoms with Crippen molar-refractivity contribution in [2.45, 2.75) is 0 Å². The molecule has 0 aliphatic carbocycles. The number of fused-ring (bicyclic) bond motifs is 1. The fraction of sp³-hybridized carbons (Fsp3) is 0.0952. The summed E-state index contributed by atoms with van der Waals surface area (Å²) in [5.74, 6) is 1.54. The minimum atomic E-state index is -0.263. The number of amides is 1. The molecule has 4 rings (SSSR count). The normalized spacial score (nSPS) is 10.6. The van der Waals surface area contributed by atoms with Gasteiger partial charge in [-0.05, 0) is 36.4 Å². The first-order valence-electron chi connectivity index (χ1n) is 8.62. The largest absolute Gasteiger partial charge is 0.497 e. The first-order chi connectivity index (χ1) is 13.7. The highest BCUT2D eigenvalue weighted by Crippen LogP contribution is 2.25. The first-order valence-corrected chi connectivity index (χ1v) is 8.62. The maximum absolute atomic E-state index is 12.7. The average Bonchev–Trinajstić information content (AvgIpc) is 3.17. The van der Waals surface area contributed by atoms with Gasteiger partial charge in [-0.3, -0.25) is 9.20 Å². The van der Waals surface area contributed by atoms with Gasteiger partial charge in [0.15, 0.2) is 11.5 Å². The summed E-state index contributed by atoms with van der Waals surface area (Å²) >= 11 is 0. The van der Waals surface area contributed by atoms with Crippen molar-refractivity contribution in [1.82, 2.24) is 14.6 Å². The van der Waals surface area contributed by atoms with E-state index in [1.54, 1.807) is 32.4 Å². The third-order valence-corrected chi connectivity index (χ3v) is 4.31. The Morgan fingerprint density at radius 2 is 1.71 bits per heavy atom. The van der Waals surface area contributed by atoms with Crippen molar-refractivity contribution < 1.29 is 14.3 Å². The summed E-state index contributed by atoms with van der Waals surface area (Å²) in [5, 5.41) is 11.3. The Bertz CT molecular complexity index is 1130. The minimum Gasteiger partial charge on any atom is -0.497 e. The van der Waals surface area contributed by atoms with Crippen LogP contribution in [0.15, 0.2) is 66.9 Å². The lowest BCUT2D eigenvalue weighted by Crippen LogP contribution is -2.12. The third kappa shape index (κ3) is 3.37. The van der Waals surface area contributed by atoms with Crippen LogP contribution in [0, 0.1) is 0 Å². The number of carbonyl (C=O) groups is 1. The molecule has 2 aromatic heterocycles. The van der Waals surface area contributed by atoms with Gasteiger partial charge in [0.05, 0.1) is 14.2 Å².